The topological polar surface area (TPSA) is 118 Å². The van der Waals surface area contributed by atoms with E-state index in [1.54, 1.807) is 24.3 Å². The van der Waals surface area contributed by atoms with Crippen LogP contribution in [0.25, 0.3) is 0 Å². The Morgan fingerprint density at radius 2 is 1.32 bits per heavy atom. The Labute approximate surface area is 145 Å². The molecule has 2 aliphatic rings. The van der Waals surface area contributed by atoms with Gasteiger partial charge in [0.1, 0.15) is 0 Å². The molecule has 0 aromatic heterocycles. The number of nitrogens with zero attached hydrogens (tertiary/aromatic N) is 4. The fourth-order valence-corrected chi connectivity index (χ4v) is 4.44. The zero-order valence-corrected chi connectivity index (χ0v) is 14.1. The molecule has 0 heterocycles. The third kappa shape index (κ3) is 3.63. The Hall–Kier alpha value is -2.48. The average Bonchev–Trinajstić information content (AvgIpc) is 2.60. The zero-order valence-electron chi connectivity index (χ0n) is 14.1. The van der Waals surface area contributed by atoms with Gasteiger partial charge in [0.2, 0.25) is 24.3 Å². The summed E-state index contributed by atoms with van der Waals surface area (Å²) in [6.07, 6.45) is 10.4. The second kappa shape index (κ2) is 8.06. The molecule has 3 atom stereocenters. The van der Waals surface area contributed by atoms with Crippen molar-refractivity contribution >= 4 is 24.3 Å². The molecule has 8 heteroatoms. The van der Waals surface area contributed by atoms with Crippen LogP contribution < -0.4 is 0 Å². The predicted octanol–water partition coefficient (Wildman–Crippen LogP) is 1.94. The van der Waals surface area contributed by atoms with E-state index in [-0.39, 0.29) is 12.1 Å². The highest BCUT2D eigenvalue weighted by atomic mass is 16.1. The molecule has 2 saturated carbocycles. The second-order valence-corrected chi connectivity index (χ2v) is 6.99. The standard InChI is InChI=1S/C17H20N4O4/c1-16(5-2-14(19-10-23)8-15(16)20-11-24)17(21-12-25)6-3-13(4-7-17)18-9-22/h13-15H,2-8H2,1H3. The van der Waals surface area contributed by atoms with Crippen LogP contribution in [0.5, 0.6) is 0 Å². The summed E-state index contributed by atoms with van der Waals surface area (Å²) in [4.78, 5) is 58.8. The van der Waals surface area contributed by atoms with Crippen LogP contribution in [-0.2, 0) is 19.2 Å². The molecular weight excluding hydrogens is 324 g/mol. The number of isocyanates is 4. The molecule has 25 heavy (non-hydrogen) atoms. The molecule has 2 rings (SSSR count). The lowest BCUT2D eigenvalue weighted by Gasteiger charge is -2.53. The van der Waals surface area contributed by atoms with E-state index in [1.165, 1.54) is 0 Å². The first kappa shape index (κ1) is 18.9. The van der Waals surface area contributed by atoms with Crippen molar-refractivity contribution in [3.63, 3.8) is 0 Å². The molecule has 8 nitrogen and oxygen atoms in total. The highest BCUT2D eigenvalue weighted by molar-refractivity contribution is 5.39. The Morgan fingerprint density at radius 1 is 0.760 bits per heavy atom. The monoisotopic (exact) mass is 344 g/mol. The lowest BCUT2D eigenvalue weighted by molar-refractivity contribution is 0.0303. The van der Waals surface area contributed by atoms with Crippen molar-refractivity contribution in [1.82, 2.24) is 0 Å². The molecule has 0 N–H and O–H groups in total. The molecule has 0 amide bonds. The van der Waals surface area contributed by atoms with E-state index in [0.29, 0.717) is 44.9 Å². The average molecular weight is 344 g/mol. The van der Waals surface area contributed by atoms with Gasteiger partial charge in [0, 0.05) is 5.41 Å². The molecule has 3 unspecified atom stereocenters. The van der Waals surface area contributed by atoms with E-state index in [0.717, 1.165) is 0 Å². The Morgan fingerprint density at radius 3 is 1.88 bits per heavy atom. The maximum atomic E-state index is 11.1. The van der Waals surface area contributed by atoms with Crippen molar-refractivity contribution in [2.45, 2.75) is 75.5 Å². The van der Waals surface area contributed by atoms with Gasteiger partial charge < -0.3 is 0 Å². The molecule has 0 aromatic rings. The summed E-state index contributed by atoms with van der Waals surface area (Å²) in [5.41, 5.74) is -1.29. The summed E-state index contributed by atoms with van der Waals surface area (Å²) in [6, 6.07) is -0.829. The summed E-state index contributed by atoms with van der Waals surface area (Å²) >= 11 is 0. The van der Waals surface area contributed by atoms with Crippen LogP contribution in [0.2, 0.25) is 0 Å². The van der Waals surface area contributed by atoms with Gasteiger partial charge in [0.05, 0.1) is 23.7 Å². The van der Waals surface area contributed by atoms with Gasteiger partial charge in [-0.2, -0.15) is 4.99 Å². The van der Waals surface area contributed by atoms with E-state index >= 15 is 0 Å². The Balaban J connectivity index is 2.38. The molecular formula is C17H20N4O4. The molecule has 132 valence electrons. The van der Waals surface area contributed by atoms with Crippen molar-refractivity contribution in [1.29, 1.82) is 0 Å². The molecule has 0 saturated heterocycles. The van der Waals surface area contributed by atoms with E-state index in [4.69, 9.17) is 0 Å². The smallest absolute Gasteiger partial charge is 0.211 e. The summed E-state index contributed by atoms with van der Waals surface area (Å²) in [5, 5.41) is 0. The minimum absolute atomic E-state index is 0.125. The minimum Gasteiger partial charge on any atom is -0.211 e. The van der Waals surface area contributed by atoms with Gasteiger partial charge in [-0.25, -0.2) is 34.2 Å². The van der Waals surface area contributed by atoms with E-state index in [9.17, 15) is 19.2 Å². The summed E-state index contributed by atoms with van der Waals surface area (Å²) in [5.74, 6) is 0. The van der Waals surface area contributed by atoms with Gasteiger partial charge >= 0.3 is 0 Å². The molecule has 0 bridgehead atoms. The Bertz CT molecular complexity index is 689. The summed E-state index contributed by atoms with van der Waals surface area (Å²) in [6.45, 7) is 1.96. The van der Waals surface area contributed by atoms with Gasteiger partial charge in [0.15, 0.2) is 0 Å². The molecule has 2 fully saturated rings. The highest BCUT2D eigenvalue weighted by Gasteiger charge is 2.56. The number of aliphatic imine (C=N–C) groups is 4. The Kier molecular flexibility index (Phi) is 6.08. The first-order chi connectivity index (χ1) is 12.0. The number of hydrogen-bond acceptors (Lipinski definition) is 8. The van der Waals surface area contributed by atoms with Crippen LogP contribution in [0.1, 0.15) is 51.9 Å². The first-order valence-electron chi connectivity index (χ1n) is 8.35. The fraction of sp³-hybridized carbons (Fsp3) is 0.765. The van der Waals surface area contributed by atoms with Crippen LogP contribution in [0, 0.1) is 5.41 Å². The van der Waals surface area contributed by atoms with E-state index in [2.05, 4.69) is 20.0 Å². The van der Waals surface area contributed by atoms with Crippen molar-refractivity contribution in [3.8, 4) is 0 Å². The van der Waals surface area contributed by atoms with Crippen molar-refractivity contribution in [2.24, 2.45) is 25.4 Å². The minimum atomic E-state index is -0.732. The maximum absolute atomic E-state index is 11.1. The number of rotatable bonds is 5. The second-order valence-electron chi connectivity index (χ2n) is 6.99. The quantitative estimate of drug-likeness (QED) is 0.559. The summed E-state index contributed by atoms with van der Waals surface area (Å²) < 4.78 is 0. The van der Waals surface area contributed by atoms with Crippen LogP contribution in [0.15, 0.2) is 20.0 Å². The number of carbonyl (C=O) groups excluding carboxylic acids is 4. The van der Waals surface area contributed by atoms with Gasteiger partial charge in [-0.15, -0.1) is 0 Å². The third-order valence-electron chi connectivity index (χ3n) is 6.01. The molecule has 0 spiro atoms. The molecule has 0 radical (unpaired) electrons. The van der Waals surface area contributed by atoms with Crippen molar-refractivity contribution in [3.05, 3.63) is 0 Å². The van der Waals surface area contributed by atoms with Crippen LogP contribution in [0.4, 0.5) is 0 Å². The third-order valence-corrected chi connectivity index (χ3v) is 6.01. The van der Waals surface area contributed by atoms with Gasteiger partial charge in [-0.1, -0.05) is 6.92 Å². The normalized spacial score (nSPS) is 37.4. The largest absolute Gasteiger partial charge is 0.235 e. The van der Waals surface area contributed by atoms with E-state index in [1.807, 2.05) is 6.92 Å². The predicted molar refractivity (Wildman–Crippen MR) is 87.0 cm³/mol. The lowest BCUT2D eigenvalue weighted by atomic mass is 9.55. The van der Waals surface area contributed by atoms with Crippen LogP contribution >= 0.6 is 0 Å². The SMILES string of the molecule is CC1(C2(N=C=O)CCC(N=C=O)CC2)CCC(N=C=O)CC1N=C=O. The zero-order chi connectivity index (χ0) is 18.3. The molecule has 0 aliphatic heterocycles. The lowest BCUT2D eigenvalue weighted by Crippen LogP contribution is -2.56. The maximum Gasteiger partial charge on any atom is 0.235 e. The van der Waals surface area contributed by atoms with Gasteiger partial charge in [0.25, 0.3) is 0 Å². The summed E-state index contributed by atoms with van der Waals surface area (Å²) in [7, 11) is 0. The highest BCUT2D eigenvalue weighted by Crippen LogP contribution is 2.54. The van der Waals surface area contributed by atoms with Crippen molar-refractivity contribution < 1.29 is 19.2 Å². The van der Waals surface area contributed by atoms with E-state index < -0.39 is 17.0 Å². The van der Waals surface area contributed by atoms with Crippen LogP contribution in [-0.4, -0.2) is 48.0 Å². The molecule has 2 aliphatic carbocycles. The fourth-order valence-electron chi connectivity index (χ4n) is 4.44. The van der Waals surface area contributed by atoms with Gasteiger partial charge in [-0.05, 0) is 44.9 Å². The van der Waals surface area contributed by atoms with Crippen molar-refractivity contribution in [2.75, 3.05) is 0 Å². The van der Waals surface area contributed by atoms with Gasteiger partial charge in [-0.3, -0.25) is 0 Å². The first-order valence-corrected chi connectivity index (χ1v) is 8.35. The van der Waals surface area contributed by atoms with Crippen LogP contribution in [0.3, 0.4) is 0 Å². The molecule has 0 aromatic carbocycles. The number of hydrogen-bond donors (Lipinski definition) is 0.